The van der Waals surface area contributed by atoms with Crippen molar-refractivity contribution in [1.82, 2.24) is 10.3 Å². The van der Waals surface area contributed by atoms with E-state index in [4.69, 9.17) is 9.47 Å². The van der Waals surface area contributed by atoms with Crippen molar-refractivity contribution in [1.29, 1.82) is 0 Å². The van der Waals surface area contributed by atoms with Crippen LogP contribution in [0.15, 0.2) is 11.7 Å². The number of nitrogens with zero attached hydrogens (tertiary/aromatic N) is 1. The smallest absolute Gasteiger partial charge is 0.0846 e. The Morgan fingerprint density at radius 1 is 1.56 bits per heavy atom. The first-order valence-electron chi connectivity index (χ1n) is 5.56. The lowest BCUT2D eigenvalue weighted by molar-refractivity contribution is -0.0876. The Morgan fingerprint density at radius 2 is 2.38 bits per heavy atom. The van der Waals surface area contributed by atoms with Crippen molar-refractivity contribution in [3.63, 3.8) is 0 Å². The minimum atomic E-state index is -0.0388. The first-order chi connectivity index (χ1) is 7.85. The summed E-state index contributed by atoms with van der Waals surface area (Å²) in [6, 6.07) is 0. The van der Waals surface area contributed by atoms with Crippen LogP contribution in [0.4, 0.5) is 0 Å². The summed E-state index contributed by atoms with van der Waals surface area (Å²) in [7, 11) is 1.79. The Kier molecular flexibility index (Phi) is 4.29. The zero-order chi connectivity index (χ0) is 11.3. The number of ether oxygens (including phenoxy) is 2. The first kappa shape index (κ1) is 12.0. The molecule has 2 rings (SSSR count). The van der Waals surface area contributed by atoms with Gasteiger partial charge < -0.3 is 14.8 Å². The molecule has 1 N–H and O–H groups in total. The molecular formula is C11H18N2O2S. The van der Waals surface area contributed by atoms with Crippen LogP contribution >= 0.6 is 11.3 Å². The molecule has 2 heterocycles. The zero-order valence-electron chi connectivity index (χ0n) is 9.57. The quantitative estimate of drug-likeness (QED) is 0.848. The number of hydrogen-bond acceptors (Lipinski definition) is 5. The van der Waals surface area contributed by atoms with Crippen LogP contribution in [0, 0.1) is 0 Å². The summed E-state index contributed by atoms with van der Waals surface area (Å²) in [6.07, 6.45) is 3.85. The van der Waals surface area contributed by atoms with Gasteiger partial charge in [-0.1, -0.05) is 0 Å². The van der Waals surface area contributed by atoms with Crippen molar-refractivity contribution in [2.24, 2.45) is 0 Å². The fraction of sp³-hybridized carbons (Fsp3) is 0.727. The van der Waals surface area contributed by atoms with Gasteiger partial charge in [-0.25, -0.2) is 0 Å². The third kappa shape index (κ3) is 3.01. The molecule has 1 aromatic rings. The number of hydrogen-bond donors (Lipinski definition) is 1. The summed E-state index contributed by atoms with van der Waals surface area (Å²) < 4.78 is 11.0. The Balaban J connectivity index is 1.78. The van der Waals surface area contributed by atoms with Gasteiger partial charge in [-0.3, -0.25) is 4.98 Å². The summed E-state index contributed by atoms with van der Waals surface area (Å²) in [5, 5.41) is 3.44. The SMILES string of the molecule is COC1(CNCc2cncs2)CCOCC1. The fourth-order valence-corrected chi connectivity index (χ4v) is 2.50. The third-order valence-electron chi connectivity index (χ3n) is 3.07. The van der Waals surface area contributed by atoms with E-state index >= 15 is 0 Å². The molecule has 0 radical (unpaired) electrons. The van der Waals surface area contributed by atoms with Crippen molar-refractivity contribution in [2.75, 3.05) is 26.9 Å². The second-order valence-corrected chi connectivity index (χ2v) is 5.04. The van der Waals surface area contributed by atoms with Crippen molar-refractivity contribution < 1.29 is 9.47 Å². The predicted octanol–water partition coefficient (Wildman–Crippen LogP) is 1.43. The molecule has 4 nitrogen and oxygen atoms in total. The van der Waals surface area contributed by atoms with E-state index in [0.29, 0.717) is 0 Å². The maximum atomic E-state index is 5.64. The minimum absolute atomic E-state index is 0.0388. The van der Waals surface area contributed by atoms with Crippen molar-refractivity contribution >= 4 is 11.3 Å². The molecule has 0 aliphatic carbocycles. The second-order valence-electron chi connectivity index (χ2n) is 4.07. The molecule has 1 aliphatic heterocycles. The fourth-order valence-electron chi connectivity index (χ4n) is 1.94. The molecule has 5 heteroatoms. The Hall–Kier alpha value is -0.490. The maximum absolute atomic E-state index is 5.64. The van der Waals surface area contributed by atoms with Crippen molar-refractivity contribution in [3.8, 4) is 0 Å². The van der Waals surface area contributed by atoms with Gasteiger partial charge in [0.15, 0.2) is 0 Å². The molecule has 1 aromatic heterocycles. The summed E-state index contributed by atoms with van der Waals surface area (Å²) in [5.74, 6) is 0. The lowest BCUT2D eigenvalue weighted by Gasteiger charge is -2.36. The normalized spacial score (nSPS) is 19.8. The molecule has 1 aliphatic rings. The van der Waals surface area contributed by atoms with Crippen LogP contribution in [-0.4, -0.2) is 37.5 Å². The topological polar surface area (TPSA) is 43.4 Å². The number of aromatic nitrogens is 1. The van der Waals surface area contributed by atoms with E-state index in [2.05, 4.69) is 10.3 Å². The summed E-state index contributed by atoms with van der Waals surface area (Å²) in [6.45, 7) is 3.35. The van der Waals surface area contributed by atoms with Crippen LogP contribution < -0.4 is 5.32 Å². The van der Waals surface area contributed by atoms with Crippen molar-refractivity contribution in [2.45, 2.75) is 25.0 Å². The molecule has 1 fully saturated rings. The van der Waals surface area contributed by atoms with E-state index in [0.717, 1.165) is 39.1 Å². The summed E-state index contributed by atoms with van der Waals surface area (Å²) >= 11 is 1.68. The van der Waals surface area contributed by atoms with Gasteiger partial charge in [-0.05, 0) is 0 Å². The number of nitrogens with one attached hydrogen (secondary N) is 1. The van der Waals surface area contributed by atoms with Gasteiger partial charge in [-0.15, -0.1) is 11.3 Å². The lowest BCUT2D eigenvalue weighted by atomic mass is 9.94. The highest BCUT2D eigenvalue weighted by atomic mass is 32.1. The van der Waals surface area contributed by atoms with Gasteiger partial charge in [0, 0.05) is 57.3 Å². The molecule has 90 valence electrons. The van der Waals surface area contributed by atoms with E-state index < -0.39 is 0 Å². The highest BCUT2D eigenvalue weighted by Crippen LogP contribution is 2.23. The molecule has 0 unspecified atom stereocenters. The predicted molar refractivity (Wildman–Crippen MR) is 63.6 cm³/mol. The van der Waals surface area contributed by atoms with Gasteiger partial charge in [0.1, 0.15) is 0 Å². The molecule has 16 heavy (non-hydrogen) atoms. The van der Waals surface area contributed by atoms with Crippen LogP contribution in [0.3, 0.4) is 0 Å². The van der Waals surface area contributed by atoms with E-state index in [9.17, 15) is 0 Å². The molecule has 0 amide bonds. The van der Waals surface area contributed by atoms with Crippen LogP contribution in [0.5, 0.6) is 0 Å². The second kappa shape index (κ2) is 5.72. The molecule has 0 aromatic carbocycles. The average molecular weight is 242 g/mol. The molecule has 1 saturated heterocycles. The highest BCUT2D eigenvalue weighted by Gasteiger charge is 2.31. The van der Waals surface area contributed by atoms with Gasteiger partial charge in [-0.2, -0.15) is 0 Å². The number of methoxy groups -OCH3 is 1. The van der Waals surface area contributed by atoms with Crippen LogP contribution in [-0.2, 0) is 16.0 Å². The van der Waals surface area contributed by atoms with Crippen LogP contribution in [0.2, 0.25) is 0 Å². The van der Waals surface area contributed by atoms with E-state index in [1.54, 1.807) is 18.4 Å². The molecule has 0 bridgehead atoms. The van der Waals surface area contributed by atoms with Crippen molar-refractivity contribution in [3.05, 3.63) is 16.6 Å². The van der Waals surface area contributed by atoms with Gasteiger partial charge >= 0.3 is 0 Å². The van der Waals surface area contributed by atoms with E-state index in [1.807, 2.05) is 11.7 Å². The largest absolute Gasteiger partial charge is 0.381 e. The molecular weight excluding hydrogens is 224 g/mol. The molecule has 0 spiro atoms. The van der Waals surface area contributed by atoms with E-state index in [1.165, 1.54) is 4.88 Å². The summed E-state index contributed by atoms with van der Waals surface area (Å²) in [5.41, 5.74) is 1.82. The zero-order valence-corrected chi connectivity index (χ0v) is 10.4. The van der Waals surface area contributed by atoms with Gasteiger partial charge in [0.25, 0.3) is 0 Å². The Morgan fingerprint density at radius 3 is 3.00 bits per heavy atom. The molecule has 0 atom stereocenters. The third-order valence-corrected chi connectivity index (χ3v) is 3.85. The van der Waals surface area contributed by atoms with Gasteiger partial charge in [0.05, 0.1) is 11.1 Å². The van der Waals surface area contributed by atoms with Gasteiger partial charge in [0.2, 0.25) is 0 Å². The highest BCUT2D eigenvalue weighted by molar-refractivity contribution is 7.09. The lowest BCUT2D eigenvalue weighted by Crippen LogP contribution is -2.46. The monoisotopic (exact) mass is 242 g/mol. The molecule has 0 saturated carbocycles. The Labute approximate surface area is 100.0 Å². The van der Waals surface area contributed by atoms with Crippen LogP contribution in [0.1, 0.15) is 17.7 Å². The maximum Gasteiger partial charge on any atom is 0.0846 e. The van der Waals surface area contributed by atoms with Crippen LogP contribution in [0.25, 0.3) is 0 Å². The average Bonchev–Trinajstić information content (AvgIpc) is 2.83. The number of rotatable bonds is 5. The standard InChI is InChI=1S/C11H18N2O2S/c1-14-11(2-4-15-5-3-11)8-12-6-10-7-13-9-16-10/h7,9,12H,2-6,8H2,1H3. The number of thiazole rings is 1. The minimum Gasteiger partial charge on any atom is -0.381 e. The first-order valence-corrected chi connectivity index (χ1v) is 6.44. The Bertz CT molecular complexity index is 297. The summed E-state index contributed by atoms with van der Waals surface area (Å²) in [4.78, 5) is 5.31. The van der Waals surface area contributed by atoms with E-state index in [-0.39, 0.29) is 5.60 Å².